The summed E-state index contributed by atoms with van der Waals surface area (Å²) in [6.07, 6.45) is 3.45. The molecule has 2 aromatic rings. The van der Waals surface area contributed by atoms with Crippen molar-refractivity contribution in [3.8, 4) is 0 Å². The molecule has 16 heavy (non-hydrogen) atoms. The molecule has 0 bridgehead atoms. The molecule has 0 saturated heterocycles. The Hall–Kier alpha value is -0.980. The highest BCUT2D eigenvalue weighted by molar-refractivity contribution is 9.10. The Morgan fingerprint density at radius 2 is 2.31 bits per heavy atom. The lowest BCUT2D eigenvalue weighted by Gasteiger charge is -2.11. The van der Waals surface area contributed by atoms with Crippen molar-refractivity contribution in [2.75, 3.05) is 14.2 Å². The molecule has 84 valence electrons. The number of hydrogen-bond acceptors (Lipinski definition) is 4. The highest BCUT2D eigenvalue weighted by Gasteiger charge is 2.15. The van der Waals surface area contributed by atoms with Gasteiger partial charge in [-0.2, -0.15) is 0 Å². The van der Waals surface area contributed by atoms with E-state index in [1.54, 1.807) is 19.4 Å². The second kappa shape index (κ2) is 4.48. The third-order valence-electron chi connectivity index (χ3n) is 2.15. The van der Waals surface area contributed by atoms with Crippen LogP contribution in [0.1, 0.15) is 9.67 Å². The summed E-state index contributed by atoms with van der Waals surface area (Å²) >= 11 is 4.82. The summed E-state index contributed by atoms with van der Waals surface area (Å²) in [7, 11) is 3.04. The van der Waals surface area contributed by atoms with Crippen molar-refractivity contribution in [2.24, 2.45) is 0 Å². The van der Waals surface area contributed by atoms with Crippen molar-refractivity contribution >= 4 is 43.3 Å². The van der Waals surface area contributed by atoms with Gasteiger partial charge in [0.25, 0.3) is 5.91 Å². The number of pyridine rings is 1. The molecule has 2 aromatic heterocycles. The lowest BCUT2D eigenvalue weighted by molar-refractivity contribution is -0.0753. The number of fused-ring (bicyclic) bond motifs is 1. The van der Waals surface area contributed by atoms with Crippen molar-refractivity contribution in [3.63, 3.8) is 0 Å². The van der Waals surface area contributed by atoms with Gasteiger partial charge in [0, 0.05) is 24.8 Å². The number of nitrogens with zero attached hydrogens (tertiary/aromatic N) is 2. The number of amides is 1. The Labute approximate surface area is 105 Å². The second-order valence-corrected chi connectivity index (χ2v) is 5.04. The maximum absolute atomic E-state index is 11.8. The van der Waals surface area contributed by atoms with Crippen LogP contribution in [0, 0.1) is 0 Å². The molecule has 0 radical (unpaired) electrons. The van der Waals surface area contributed by atoms with Gasteiger partial charge in [0.1, 0.15) is 0 Å². The summed E-state index contributed by atoms with van der Waals surface area (Å²) in [5.74, 6) is -0.157. The summed E-state index contributed by atoms with van der Waals surface area (Å²) in [5.41, 5.74) is 0. The molecule has 0 aliphatic heterocycles. The first-order valence-electron chi connectivity index (χ1n) is 4.48. The third kappa shape index (κ3) is 1.95. The molecule has 2 rings (SSSR count). The molecular weight excluding hydrogens is 292 g/mol. The van der Waals surface area contributed by atoms with Gasteiger partial charge in [-0.25, -0.2) is 5.06 Å². The first-order valence-corrected chi connectivity index (χ1v) is 6.09. The van der Waals surface area contributed by atoms with Gasteiger partial charge >= 0.3 is 0 Å². The second-order valence-electron chi connectivity index (χ2n) is 3.14. The number of carbonyl (C=O) groups excluding carboxylic acids is 1. The van der Waals surface area contributed by atoms with E-state index in [4.69, 9.17) is 4.84 Å². The predicted molar refractivity (Wildman–Crippen MR) is 66.4 cm³/mol. The molecule has 0 N–H and O–H groups in total. The summed E-state index contributed by atoms with van der Waals surface area (Å²) in [6, 6.07) is 1.82. The molecule has 1 amide bonds. The Morgan fingerprint density at radius 1 is 1.56 bits per heavy atom. The van der Waals surface area contributed by atoms with Crippen LogP contribution in [-0.4, -0.2) is 30.1 Å². The lowest BCUT2D eigenvalue weighted by atomic mass is 10.3. The number of carbonyl (C=O) groups is 1. The van der Waals surface area contributed by atoms with E-state index in [9.17, 15) is 4.79 Å². The summed E-state index contributed by atoms with van der Waals surface area (Å²) in [5, 5.41) is 2.15. The zero-order chi connectivity index (χ0) is 11.7. The van der Waals surface area contributed by atoms with Crippen LogP contribution in [0.15, 0.2) is 22.9 Å². The molecule has 2 heterocycles. The van der Waals surface area contributed by atoms with Crippen molar-refractivity contribution in [1.82, 2.24) is 10.0 Å². The number of thiophene rings is 1. The molecule has 4 nitrogen and oxygen atoms in total. The molecular formula is C10H9BrN2O2S. The highest BCUT2D eigenvalue weighted by atomic mass is 79.9. The standard InChI is InChI=1S/C10H9BrN2O2S/c1-13(15-2)10(14)8-3-6-4-12-5-7(11)9(6)16-8/h3-5H,1-2H3. The van der Waals surface area contributed by atoms with Crippen LogP contribution in [0.2, 0.25) is 0 Å². The average molecular weight is 301 g/mol. The third-order valence-corrected chi connectivity index (χ3v) is 4.19. The van der Waals surface area contributed by atoms with Crippen LogP contribution in [0.4, 0.5) is 0 Å². The number of aromatic nitrogens is 1. The number of halogens is 1. The van der Waals surface area contributed by atoms with Crippen LogP contribution in [-0.2, 0) is 4.84 Å². The van der Waals surface area contributed by atoms with Crippen LogP contribution in [0.3, 0.4) is 0 Å². The van der Waals surface area contributed by atoms with Crippen molar-refractivity contribution in [2.45, 2.75) is 0 Å². The molecule has 0 unspecified atom stereocenters. The Bertz CT molecular complexity index is 541. The summed E-state index contributed by atoms with van der Waals surface area (Å²) in [4.78, 5) is 21.4. The lowest BCUT2D eigenvalue weighted by Crippen LogP contribution is -2.24. The van der Waals surface area contributed by atoms with E-state index in [0.29, 0.717) is 4.88 Å². The Morgan fingerprint density at radius 3 is 2.94 bits per heavy atom. The van der Waals surface area contributed by atoms with Gasteiger partial charge in [0.2, 0.25) is 0 Å². The van der Waals surface area contributed by atoms with Crippen LogP contribution >= 0.6 is 27.3 Å². The van der Waals surface area contributed by atoms with Gasteiger partial charge < -0.3 is 0 Å². The maximum atomic E-state index is 11.8. The molecule has 0 spiro atoms. The zero-order valence-corrected chi connectivity index (χ0v) is 11.1. The molecule has 0 fully saturated rings. The fourth-order valence-corrected chi connectivity index (χ4v) is 2.86. The normalized spacial score (nSPS) is 10.7. The van der Waals surface area contributed by atoms with Gasteiger partial charge in [-0.05, 0) is 22.0 Å². The fraction of sp³-hybridized carbons (Fsp3) is 0.200. The number of hydrogen-bond donors (Lipinski definition) is 0. The summed E-state index contributed by atoms with van der Waals surface area (Å²) in [6.45, 7) is 0. The SMILES string of the molecule is CON(C)C(=O)c1cc2cncc(Br)c2s1. The minimum atomic E-state index is -0.157. The van der Waals surface area contributed by atoms with Crippen molar-refractivity contribution in [3.05, 3.63) is 27.8 Å². The molecule has 0 atom stereocenters. The molecule has 6 heteroatoms. The van der Waals surface area contributed by atoms with E-state index >= 15 is 0 Å². The van der Waals surface area contributed by atoms with Gasteiger partial charge in [-0.1, -0.05) is 0 Å². The minimum absolute atomic E-state index is 0.157. The molecule has 0 saturated carbocycles. The van der Waals surface area contributed by atoms with Crippen LogP contribution < -0.4 is 0 Å². The van der Waals surface area contributed by atoms with E-state index < -0.39 is 0 Å². The fourth-order valence-electron chi connectivity index (χ4n) is 1.27. The topological polar surface area (TPSA) is 42.4 Å². The minimum Gasteiger partial charge on any atom is -0.274 e. The van der Waals surface area contributed by atoms with Gasteiger partial charge in [0.15, 0.2) is 0 Å². The van der Waals surface area contributed by atoms with E-state index in [0.717, 1.165) is 14.6 Å². The smallest absolute Gasteiger partial charge is 0.274 e. The van der Waals surface area contributed by atoms with Gasteiger partial charge in [0.05, 0.1) is 21.2 Å². The molecule has 0 aliphatic rings. The highest BCUT2D eigenvalue weighted by Crippen LogP contribution is 2.31. The Balaban J connectivity index is 2.48. The predicted octanol–water partition coefficient (Wildman–Crippen LogP) is 2.69. The van der Waals surface area contributed by atoms with Crippen molar-refractivity contribution in [1.29, 1.82) is 0 Å². The zero-order valence-electron chi connectivity index (χ0n) is 8.73. The van der Waals surface area contributed by atoms with E-state index in [1.165, 1.54) is 23.5 Å². The van der Waals surface area contributed by atoms with E-state index in [-0.39, 0.29) is 5.91 Å². The first-order chi connectivity index (χ1) is 7.63. The number of rotatable bonds is 2. The van der Waals surface area contributed by atoms with Crippen molar-refractivity contribution < 1.29 is 9.63 Å². The first kappa shape index (κ1) is 11.5. The van der Waals surface area contributed by atoms with Crippen LogP contribution in [0.25, 0.3) is 10.1 Å². The average Bonchev–Trinajstić information content (AvgIpc) is 2.72. The Kier molecular flexibility index (Phi) is 3.22. The maximum Gasteiger partial charge on any atom is 0.287 e. The quantitative estimate of drug-likeness (QED) is 0.801. The van der Waals surface area contributed by atoms with Gasteiger partial charge in [-0.15, -0.1) is 11.3 Å². The molecule has 0 aromatic carbocycles. The van der Waals surface area contributed by atoms with Gasteiger partial charge in [-0.3, -0.25) is 14.6 Å². The van der Waals surface area contributed by atoms with Crippen LogP contribution in [0.5, 0.6) is 0 Å². The van der Waals surface area contributed by atoms with E-state index in [2.05, 4.69) is 20.9 Å². The summed E-state index contributed by atoms with van der Waals surface area (Å²) < 4.78 is 1.91. The largest absolute Gasteiger partial charge is 0.287 e. The van der Waals surface area contributed by atoms with E-state index in [1.807, 2.05) is 6.07 Å². The monoisotopic (exact) mass is 300 g/mol. The number of hydroxylamine groups is 2. The molecule has 0 aliphatic carbocycles.